The maximum atomic E-state index is 2.92. The van der Waals surface area contributed by atoms with Crippen molar-refractivity contribution in [1.29, 1.82) is 0 Å². The van der Waals surface area contributed by atoms with Crippen LogP contribution in [0.1, 0.15) is 78.6 Å². The van der Waals surface area contributed by atoms with Crippen molar-refractivity contribution in [1.82, 2.24) is 14.0 Å². The molecule has 4 heteroatoms. The average Bonchev–Trinajstić information content (AvgIpc) is 2.53. The van der Waals surface area contributed by atoms with Crippen molar-refractivity contribution in [2.75, 3.05) is 19.6 Å². The van der Waals surface area contributed by atoms with Crippen molar-refractivity contribution in [3.63, 3.8) is 0 Å². The molecule has 128 valence electrons. The molecular formula is C18H36N3P. The Hall–Kier alpha value is 0.310. The third-order valence-electron chi connectivity index (χ3n) is 5.99. The summed E-state index contributed by atoms with van der Waals surface area (Å²) < 4.78 is 8.76. The van der Waals surface area contributed by atoms with Crippen molar-refractivity contribution in [2.45, 2.75) is 96.7 Å². The Morgan fingerprint density at radius 3 is 1.14 bits per heavy atom. The summed E-state index contributed by atoms with van der Waals surface area (Å²) in [6, 6.07) is 2.34. The van der Waals surface area contributed by atoms with E-state index in [-0.39, 0.29) is 8.37 Å². The molecule has 0 radical (unpaired) electrons. The fourth-order valence-corrected chi connectivity index (χ4v) is 7.74. The third-order valence-corrected chi connectivity index (χ3v) is 9.15. The summed E-state index contributed by atoms with van der Waals surface area (Å²) in [6.45, 7) is 11.4. The molecule has 0 amide bonds. The molecule has 3 saturated heterocycles. The monoisotopic (exact) mass is 325 g/mol. The molecule has 3 atom stereocenters. The zero-order valence-electron chi connectivity index (χ0n) is 15.0. The van der Waals surface area contributed by atoms with E-state index in [1.807, 2.05) is 0 Å². The highest BCUT2D eigenvalue weighted by molar-refractivity contribution is 7.50. The second-order valence-electron chi connectivity index (χ2n) is 7.79. The molecule has 3 fully saturated rings. The third kappa shape index (κ3) is 3.69. The molecule has 3 heterocycles. The predicted molar refractivity (Wildman–Crippen MR) is 97.0 cm³/mol. The second-order valence-corrected chi connectivity index (χ2v) is 9.87. The molecule has 0 aromatic carbocycles. The lowest BCUT2D eigenvalue weighted by atomic mass is 10.1. The van der Waals surface area contributed by atoms with E-state index in [9.17, 15) is 0 Å². The highest BCUT2D eigenvalue weighted by Crippen LogP contribution is 2.55. The van der Waals surface area contributed by atoms with E-state index in [2.05, 4.69) is 34.8 Å². The number of hydrogen-bond donors (Lipinski definition) is 0. The van der Waals surface area contributed by atoms with E-state index < -0.39 is 0 Å². The van der Waals surface area contributed by atoms with Crippen LogP contribution in [0, 0.1) is 0 Å². The van der Waals surface area contributed by atoms with Crippen LogP contribution in [0.5, 0.6) is 0 Å². The van der Waals surface area contributed by atoms with Gasteiger partial charge in [0.1, 0.15) is 8.37 Å². The fourth-order valence-electron chi connectivity index (χ4n) is 4.49. The molecular weight excluding hydrogens is 289 g/mol. The summed E-state index contributed by atoms with van der Waals surface area (Å²) in [6.07, 6.45) is 12.8. The van der Waals surface area contributed by atoms with Crippen LogP contribution >= 0.6 is 8.37 Å². The first-order chi connectivity index (χ1) is 10.7. The zero-order valence-corrected chi connectivity index (χ0v) is 15.9. The molecule has 0 aromatic heterocycles. The van der Waals surface area contributed by atoms with Crippen LogP contribution in [0.25, 0.3) is 0 Å². The average molecular weight is 325 g/mol. The Kier molecular flexibility index (Phi) is 6.17. The minimum Gasteiger partial charge on any atom is -0.255 e. The topological polar surface area (TPSA) is 9.72 Å². The van der Waals surface area contributed by atoms with Crippen LogP contribution < -0.4 is 0 Å². The van der Waals surface area contributed by atoms with Crippen molar-refractivity contribution < 1.29 is 0 Å². The van der Waals surface area contributed by atoms with Gasteiger partial charge in [0.25, 0.3) is 0 Å². The first-order valence-electron chi connectivity index (χ1n) is 9.78. The standard InChI is InChI=1S/C18H36N3P/c1-16-10-4-7-13-19(16)22(20-14-8-5-11-17(20)2)21-15-9-6-12-18(21)3/h16-18H,4-15H2,1-3H3/t16-,17-,18+/m0/s1. The van der Waals surface area contributed by atoms with Crippen molar-refractivity contribution >= 4 is 8.37 Å². The molecule has 0 bridgehead atoms. The maximum absolute atomic E-state index is 2.92. The molecule has 0 aliphatic carbocycles. The highest BCUT2D eigenvalue weighted by atomic mass is 31.2. The van der Waals surface area contributed by atoms with E-state index in [4.69, 9.17) is 0 Å². The zero-order chi connectivity index (χ0) is 15.5. The summed E-state index contributed by atoms with van der Waals surface area (Å²) in [5.41, 5.74) is 0. The SMILES string of the molecule is C[C@@H]1CCCCN1P(N1CCCC[C@@H]1C)N1CCCC[C@@H]1C. The molecule has 3 rings (SSSR count). The van der Waals surface area contributed by atoms with Gasteiger partial charge in [-0.05, 0) is 59.3 Å². The maximum Gasteiger partial charge on any atom is 0.120 e. The number of nitrogens with zero attached hydrogens (tertiary/aromatic N) is 3. The van der Waals surface area contributed by atoms with Crippen LogP contribution in [0.15, 0.2) is 0 Å². The Balaban J connectivity index is 1.83. The van der Waals surface area contributed by atoms with E-state index >= 15 is 0 Å². The number of piperidine rings is 3. The van der Waals surface area contributed by atoms with Crippen LogP contribution in [-0.4, -0.2) is 51.8 Å². The van der Waals surface area contributed by atoms with Gasteiger partial charge in [0, 0.05) is 37.8 Å². The minimum absolute atomic E-state index is 0.233. The van der Waals surface area contributed by atoms with Gasteiger partial charge >= 0.3 is 0 Å². The lowest BCUT2D eigenvalue weighted by molar-refractivity contribution is 0.178. The lowest BCUT2D eigenvalue weighted by Crippen LogP contribution is -2.50. The van der Waals surface area contributed by atoms with Gasteiger partial charge in [0.05, 0.1) is 0 Å². The largest absolute Gasteiger partial charge is 0.255 e. The van der Waals surface area contributed by atoms with Gasteiger partial charge in [0.2, 0.25) is 0 Å². The summed E-state index contributed by atoms with van der Waals surface area (Å²) in [5.74, 6) is 0. The Morgan fingerprint density at radius 1 is 0.545 bits per heavy atom. The highest BCUT2D eigenvalue weighted by Gasteiger charge is 2.40. The van der Waals surface area contributed by atoms with Crippen LogP contribution in [0.4, 0.5) is 0 Å². The first-order valence-corrected chi connectivity index (χ1v) is 11.0. The molecule has 3 nitrogen and oxygen atoms in total. The number of rotatable bonds is 3. The van der Waals surface area contributed by atoms with Crippen LogP contribution in [-0.2, 0) is 0 Å². The van der Waals surface area contributed by atoms with E-state index in [0.29, 0.717) is 0 Å². The molecule has 0 N–H and O–H groups in total. The fraction of sp³-hybridized carbons (Fsp3) is 1.00. The van der Waals surface area contributed by atoms with E-state index in [1.165, 1.54) is 77.4 Å². The summed E-state index contributed by atoms with van der Waals surface area (Å²) in [5, 5.41) is 0. The van der Waals surface area contributed by atoms with Gasteiger partial charge in [-0.15, -0.1) is 0 Å². The van der Waals surface area contributed by atoms with Crippen molar-refractivity contribution in [2.24, 2.45) is 0 Å². The van der Waals surface area contributed by atoms with Gasteiger partial charge in [-0.3, -0.25) is 14.0 Å². The summed E-state index contributed by atoms with van der Waals surface area (Å²) in [7, 11) is -0.233. The molecule has 0 unspecified atom stereocenters. The van der Waals surface area contributed by atoms with E-state index in [0.717, 1.165) is 18.1 Å². The van der Waals surface area contributed by atoms with E-state index in [1.54, 1.807) is 0 Å². The smallest absolute Gasteiger partial charge is 0.120 e. The van der Waals surface area contributed by atoms with Crippen LogP contribution in [0.3, 0.4) is 0 Å². The Bertz CT molecular complexity index is 299. The molecule has 0 spiro atoms. The van der Waals surface area contributed by atoms with Crippen molar-refractivity contribution in [3.8, 4) is 0 Å². The predicted octanol–water partition coefficient (Wildman–Crippen LogP) is 4.84. The number of hydrogen-bond acceptors (Lipinski definition) is 3. The normalized spacial score (nSPS) is 36.8. The van der Waals surface area contributed by atoms with Gasteiger partial charge in [-0.1, -0.05) is 19.3 Å². The van der Waals surface area contributed by atoms with Gasteiger partial charge in [-0.25, -0.2) is 0 Å². The Labute approximate surface area is 139 Å². The minimum atomic E-state index is -0.233. The van der Waals surface area contributed by atoms with Crippen molar-refractivity contribution in [3.05, 3.63) is 0 Å². The molecule has 0 saturated carbocycles. The summed E-state index contributed by atoms with van der Waals surface area (Å²) in [4.78, 5) is 0. The lowest BCUT2D eigenvalue weighted by Gasteiger charge is -2.54. The summed E-state index contributed by atoms with van der Waals surface area (Å²) >= 11 is 0. The molecule has 3 aliphatic heterocycles. The molecule has 3 aliphatic rings. The van der Waals surface area contributed by atoms with Crippen LogP contribution in [0.2, 0.25) is 0 Å². The van der Waals surface area contributed by atoms with Gasteiger partial charge in [-0.2, -0.15) is 0 Å². The second kappa shape index (κ2) is 7.92. The molecule has 22 heavy (non-hydrogen) atoms. The molecule has 0 aromatic rings. The van der Waals surface area contributed by atoms with Gasteiger partial charge in [0.15, 0.2) is 0 Å². The quantitative estimate of drug-likeness (QED) is 0.688. The Morgan fingerprint density at radius 2 is 0.864 bits per heavy atom. The first kappa shape index (κ1) is 17.1. The van der Waals surface area contributed by atoms with Gasteiger partial charge < -0.3 is 0 Å².